The Kier molecular flexibility index (Phi) is 5.76. The fraction of sp³-hybridized carbons (Fsp3) is 0.538. The van der Waals surface area contributed by atoms with Crippen LogP contribution in [0, 0.1) is 5.92 Å². The standard InChI is InChI=1S/C13H18BrNO2.ClH/c1-16-12-7-10(14)13(17-2)6-9(12)11(15)5-8-3-4-8;/h6-8,11H,3-5,15H2,1-2H3;1H/t11-;/m0./s1. The van der Waals surface area contributed by atoms with Crippen molar-refractivity contribution in [3.8, 4) is 11.5 Å². The molecule has 18 heavy (non-hydrogen) atoms. The third-order valence-electron chi connectivity index (χ3n) is 3.19. The van der Waals surface area contributed by atoms with Gasteiger partial charge in [0.1, 0.15) is 11.5 Å². The number of ether oxygens (including phenoxy) is 2. The lowest BCUT2D eigenvalue weighted by Crippen LogP contribution is -2.12. The van der Waals surface area contributed by atoms with E-state index in [9.17, 15) is 0 Å². The van der Waals surface area contributed by atoms with Crippen LogP contribution in [0.2, 0.25) is 0 Å². The van der Waals surface area contributed by atoms with Gasteiger partial charge >= 0.3 is 0 Å². The summed E-state index contributed by atoms with van der Waals surface area (Å²) in [4.78, 5) is 0. The molecule has 1 aromatic carbocycles. The van der Waals surface area contributed by atoms with Gasteiger partial charge in [-0.1, -0.05) is 12.8 Å². The van der Waals surface area contributed by atoms with Gasteiger partial charge in [-0.2, -0.15) is 0 Å². The summed E-state index contributed by atoms with van der Waals surface area (Å²) >= 11 is 3.45. The van der Waals surface area contributed by atoms with Crippen molar-refractivity contribution in [3.63, 3.8) is 0 Å². The number of hydrogen-bond acceptors (Lipinski definition) is 3. The first kappa shape index (κ1) is 15.6. The zero-order chi connectivity index (χ0) is 12.4. The van der Waals surface area contributed by atoms with Crippen molar-refractivity contribution < 1.29 is 9.47 Å². The van der Waals surface area contributed by atoms with Gasteiger partial charge in [0.25, 0.3) is 0 Å². The van der Waals surface area contributed by atoms with Crippen LogP contribution in [0.1, 0.15) is 30.9 Å². The summed E-state index contributed by atoms with van der Waals surface area (Å²) in [7, 11) is 3.32. The van der Waals surface area contributed by atoms with Gasteiger partial charge in [0.15, 0.2) is 0 Å². The molecule has 1 fully saturated rings. The van der Waals surface area contributed by atoms with Crippen molar-refractivity contribution in [2.75, 3.05) is 14.2 Å². The average Bonchev–Trinajstić information content (AvgIpc) is 3.12. The van der Waals surface area contributed by atoms with Crippen LogP contribution in [0.3, 0.4) is 0 Å². The van der Waals surface area contributed by atoms with E-state index in [4.69, 9.17) is 15.2 Å². The molecule has 5 heteroatoms. The second-order valence-electron chi connectivity index (χ2n) is 4.51. The highest BCUT2D eigenvalue weighted by atomic mass is 79.9. The molecule has 0 unspecified atom stereocenters. The topological polar surface area (TPSA) is 44.5 Å². The Bertz CT molecular complexity index is 410. The Hall–Kier alpha value is -0.450. The van der Waals surface area contributed by atoms with Crippen LogP contribution >= 0.6 is 28.3 Å². The molecule has 0 aliphatic heterocycles. The zero-order valence-electron chi connectivity index (χ0n) is 10.6. The predicted molar refractivity (Wildman–Crippen MR) is 78.8 cm³/mol. The molecule has 1 aliphatic rings. The number of benzene rings is 1. The first-order valence-electron chi connectivity index (χ1n) is 5.82. The van der Waals surface area contributed by atoms with Gasteiger partial charge < -0.3 is 15.2 Å². The van der Waals surface area contributed by atoms with Crippen LogP contribution in [0.5, 0.6) is 11.5 Å². The second-order valence-corrected chi connectivity index (χ2v) is 5.37. The highest BCUT2D eigenvalue weighted by Crippen LogP contribution is 2.41. The van der Waals surface area contributed by atoms with Crippen LogP contribution in [0.25, 0.3) is 0 Å². The minimum absolute atomic E-state index is 0. The molecular formula is C13H19BrClNO2. The molecule has 0 saturated heterocycles. The maximum atomic E-state index is 6.24. The molecule has 0 bridgehead atoms. The molecule has 1 aromatic rings. The van der Waals surface area contributed by atoms with Gasteiger partial charge in [-0.3, -0.25) is 0 Å². The largest absolute Gasteiger partial charge is 0.496 e. The second kappa shape index (κ2) is 6.64. The maximum absolute atomic E-state index is 6.24. The molecule has 1 atom stereocenters. The number of rotatable bonds is 5. The first-order chi connectivity index (χ1) is 8.15. The van der Waals surface area contributed by atoms with Crippen molar-refractivity contribution in [2.24, 2.45) is 11.7 Å². The van der Waals surface area contributed by atoms with Crippen molar-refractivity contribution in [2.45, 2.75) is 25.3 Å². The molecule has 0 spiro atoms. The molecular weight excluding hydrogens is 318 g/mol. The summed E-state index contributed by atoms with van der Waals surface area (Å²) in [5.74, 6) is 2.42. The summed E-state index contributed by atoms with van der Waals surface area (Å²) in [6.07, 6.45) is 3.65. The quantitative estimate of drug-likeness (QED) is 0.892. The number of methoxy groups -OCH3 is 2. The lowest BCUT2D eigenvalue weighted by Gasteiger charge is -2.17. The van der Waals surface area contributed by atoms with Crippen LogP contribution in [-0.4, -0.2) is 14.2 Å². The fourth-order valence-corrected chi connectivity index (χ4v) is 2.50. The molecule has 0 aromatic heterocycles. The van der Waals surface area contributed by atoms with E-state index in [2.05, 4.69) is 15.9 Å². The van der Waals surface area contributed by atoms with Crippen LogP contribution in [-0.2, 0) is 0 Å². The van der Waals surface area contributed by atoms with Gasteiger partial charge in [0.2, 0.25) is 0 Å². The molecule has 0 radical (unpaired) electrons. The lowest BCUT2D eigenvalue weighted by molar-refractivity contribution is 0.391. The molecule has 0 amide bonds. The summed E-state index contributed by atoms with van der Waals surface area (Å²) in [5, 5.41) is 0. The molecule has 1 saturated carbocycles. The van der Waals surface area contributed by atoms with Crippen molar-refractivity contribution in [1.29, 1.82) is 0 Å². The summed E-state index contributed by atoms with van der Waals surface area (Å²) in [6.45, 7) is 0. The summed E-state index contributed by atoms with van der Waals surface area (Å²) in [6, 6.07) is 3.91. The van der Waals surface area contributed by atoms with Gasteiger partial charge in [0, 0.05) is 11.6 Å². The lowest BCUT2D eigenvalue weighted by atomic mass is 10.0. The van der Waals surface area contributed by atoms with Gasteiger partial charge in [0.05, 0.1) is 18.7 Å². The molecule has 3 nitrogen and oxygen atoms in total. The van der Waals surface area contributed by atoms with Crippen LogP contribution in [0.4, 0.5) is 0 Å². The van der Waals surface area contributed by atoms with Crippen molar-refractivity contribution in [3.05, 3.63) is 22.2 Å². The number of hydrogen-bond donors (Lipinski definition) is 1. The normalized spacial score (nSPS) is 15.8. The van der Waals surface area contributed by atoms with E-state index in [0.29, 0.717) is 0 Å². The van der Waals surface area contributed by atoms with E-state index in [1.165, 1.54) is 12.8 Å². The minimum Gasteiger partial charge on any atom is -0.496 e. The van der Waals surface area contributed by atoms with E-state index in [-0.39, 0.29) is 18.4 Å². The number of halogens is 2. The van der Waals surface area contributed by atoms with Gasteiger partial charge in [-0.25, -0.2) is 0 Å². The SMILES string of the molecule is COc1cc([C@@H](N)CC2CC2)c(OC)cc1Br.Cl. The highest BCUT2D eigenvalue weighted by Gasteiger charge is 2.26. The third-order valence-corrected chi connectivity index (χ3v) is 3.81. The first-order valence-corrected chi connectivity index (χ1v) is 6.62. The van der Waals surface area contributed by atoms with Crippen molar-refractivity contribution >= 4 is 28.3 Å². The average molecular weight is 337 g/mol. The monoisotopic (exact) mass is 335 g/mol. The predicted octanol–water partition coefficient (Wildman–Crippen LogP) is 3.69. The van der Waals surface area contributed by atoms with E-state index in [1.54, 1.807) is 14.2 Å². The van der Waals surface area contributed by atoms with E-state index in [1.807, 2.05) is 12.1 Å². The van der Waals surface area contributed by atoms with E-state index >= 15 is 0 Å². The Morgan fingerprint density at radius 2 is 1.89 bits per heavy atom. The molecule has 0 heterocycles. The minimum atomic E-state index is 0. The van der Waals surface area contributed by atoms with E-state index < -0.39 is 0 Å². The third kappa shape index (κ3) is 3.53. The smallest absolute Gasteiger partial charge is 0.133 e. The van der Waals surface area contributed by atoms with Crippen molar-refractivity contribution in [1.82, 2.24) is 0 Å². The number of nitrogens with two attached hydrogens (primary N) is 1. The Balaban J connectivity index is 0.00000162. The highest BCUT2D eigenvalue weighted by molar-refractivity contribution is 9.10. The summed E-state index contributed by atoms with van der Waals surface area (Å²) in [5.41, 5.74) is 7.26. The Labute approximate surface area is 123 Å². The molecule has 102 valence electrons. The van der Waals surface area contributed by atoms with Gasteiger partial charge in [-0.05, 0) is 40.4 Å². The molecule has 2 N–H and O–H groups in total. The Morgan fingerprint density at radius 1 is 1.28 bits per heavy atom. The summed E-state index contributed by atoms with van der Waals surface area (Å²) < 4.78 is 11.6. The molecule has 2 rings (SSSR count). The van der Waals surface area contributed by atoms with Crippen LogP contribution in [0.15, 0.2) is 16.6 Å². The maximum Gasteiger partial charge on any atom is 0.133 e. The Morgan fingerprint density at radius 3 is 2.39 bits per heavy atom. The molecule has 1 aliphatic carbocycles. The van der Waals surface area contributed by atoms with E-state index in [0.717, 1.165) is 33.9 Å². The fourth-order valence-electron chi connectivity index (χ4n) is 2.01. The zero-order valence-corrected chi connectivity index (χ0v) is 13.0. The van der Waals surface area contributed by atoms with Gasteiger partial charge in [-0.15, -0.1) is 12.4 Å². The van der Waals surface area contributed by atoms with Crippen LogP contribution < -0.4 is 15.2 Å².